The van der Waals surface area contributed by atoms with E-state index in [4.69, 9.17) is 0 Å². The number of carboxylic acid groups (broad SMARTS) is 1. The average Bonchev–Trinajstić information content (AvgIpc) is 3.28. The van der Waals surface area contributed by atoms with Crippen molar-refractivity contribution in [3.05, 3.63) is 35.9 Å². The number of amides is 1. The van der Waals surface area contributed by atoms with Crippen LogP contribution >= 0.6 is 11.8 Å². The molecule has 2 aliphatic rings. The number of aliphatic carboxylic acids is 1. The summed E-state index contributed by atoms with van der Waals surface area (Å²) < 4.78 is 0. The molecule has 3 rings (SSSR count). The fourth-order valence-corrected chi connectivity index (χ4v) is 3.86. The van der Waals surface area contributed by atoms with Crippen molar-refractivity contribution in [2.75, 3.05) is 18.1 Å². The van der Waals surface area contributed by atoms with Crippen molar-refractivity contribution in [2.45, 2.75) is 18.4 Å². The van der Waals surface area contributed by atoms with Gasteiger partial charge in [0.05, 0.1) is 0 Å². The molecule has 20 heavy (non-hydrogen) atoms. The fraction of sp³-hybridized carbons (Fsp3) is 0.467. The Balaban J connectivity index is 1.69. The van der Waals surface area contributed by atoms with Gasteiger partial charge in [-0.2, -0.15) is 11.8 Å². The molecular weight excluding hydrogens is 274 g/mol. The molecule has 2 fully saturated rings. The Morgan fingerprint density at radius 1 is 1.25 bits per heavy atom. The summed E-state index contributed by atoms with van der Waals surface area (Å²) in [6, 6.07) is 9.35. The van der Waals surface area contributed by atoms with Crippen LogP contribution in [0.25, 0.3) is 0 Å². The monoisotopic (exact) mass is 291 g/mol. The first-order valence-electron chi connectivity index (χ1n) is 6.84. The van der Waals surface area contributed by atoms with Gasteiger partial charge in [0, 0.05) is 24.0 Å². The van der Waals surface area contributed by atoms with Gasteiger partial charge in [0.1, 0.15) is 6.04 Å². The van der Waals surface area contributed by atoms with Crippen molar-refractivity contribution in [1.82, 2.24) is 4.90 Å². The van der Waals surface area contributed by atoms with Crippen LogP contribution < -0.4 is 0 Å². The van der Waals surface area contributed by atoms with Gasteiger partial charge < -0.3 is 10.0 Å². The van der Waals surface area contributed by atoms with Crippen LogP contribution in [0.15, 0.2) is 30.3 Å². The van der Waals surface area contributed by atoms with Crippen LogP contribution in [0.4, 0.5) is 0 Å². The summed E-state index contributed by atoms with van der Waals surface area (Å²) in [4.78, 5) is 25.3. The molecular formula is C15H17NO3S. The number of carbonyl (C=O) groups excluding carboxylic acids is 1. The quantitative estimate of drug-likeness (QED) is 0.923. The van der Waals surface area contributed by atoms with Gasteiger partial charge >= 0.3 is 5.97 Å². The largest absolute Gasteiger partial charge is 0.480 e. The standard InChI is InChI=1S/C15H17NO3S/c17-14(16-6-7-20-9-13(16)15(18)19)12-8-11(12)10-4-2-1-3-5-10/h1-5,11-13H,6-9H2,(H,18,19). The molecule has 3 unspecified atom stereocenters. The Bertz CT molecular complexity index is 519. The van der Waals surface area contributed by atoms with E-state index in [1.807, 2.05) is 30.3 Å². The molecule has 5 heteroatoms. The third-order valence-corrected chi connectivity index (χ3v) is 5.05. The summed E-state index contributed by atoms with van der Waals surface area (Å²) >= 11 is 1.61. The normalized spacial score (nSPS) is 29.0. The maximum atomic E-state index is 12.5. The van der Waals surface area contributed by atoms with Crippen molar-refractivity contribution in [3.63, 3.8) is 0 Å². The number of carboxylic acids is 1. The first kappa shape index (κ1) is 13.5. The van der Waals surface area contributed by atoms with Gasteiger partial charge in [-0.1, -0.05) is 30.3 Å². The minimum Gasteiger partial charge on any atom is -0.480 e. The van der Waals surface area contributed by atoms with Gasteiger partial charge in [-0.15, -0.1) is 0 Å². The van der Waals surface area contributed by atoms with E-state index in [1.54, 1.807) is 16.7 Å². The van der Waals surface area contributed by atoms with E-state index in [0.29, 0.717) is 12.3 Å². The number of carbonyl (C=O) groups is 2. The molecule has 4 nitrogen and oxygen atoms in total. The molecule has 106 valence electrons. The van der Waals surface area contributed by atoms with E-state index in [1.165, 1.54) is 5.56 Å². The van der Waals surface area contributed by atoms with E-state index in [-0.39, 0.29) is 17.7 Å². The van der Waals surface area contributed by atoms with Gasteiger partial charge in [0.15, 0.2) is 0 Å². The lowest BCUT2D eigenvalue weighted by atomic mass is 10.1. The van der Waals surface area contributed by atoms with Crippen LogP contribution in [-0.4, -0.2) is 46.0 Å². The zero-order chi connectivity index (χ0) is 14.1. The molecule has 3 atom stereocenters. The van der Waals surface area contributed by atoms with E-state index in [9.17, 15) is 14.7 Å². The smallest absolute Gasteiger partial charge is 0.327 e. The third kappa shape index (κ3) is 2.54. The van der Waals surface area contributed by atoms with Gasteiger partial charge in [0.2, 0.25) is 5.91 Å². The van der Waals surface area contributed by atoms with Gasteiger partial charge in [0.25, 0.3) is 0 Å². The first-order valence-corrected chi connectivity index (χ1v) is 8.00. The molecule has 1 aromatic rings. The molecule has 1 N–H and O–H groups in total. The summed E-state index contributed by atoms with van der Waals surface area (Å²) in [5.74, 6) is 0.714. The summed E-state index contributed by atoms with van der Waals surface area (Å²) in [6.45, 7) is 0.554. The molecule has 1 saturated heterocycles. The number of benzene rings is 1. The minimum absolute atomic E-state index is 0.0200. The average molecular weight is 291 g/mol. The SMILES string of the molecule is O=C(O)C1CSCCN1C(=O)C1CC1c1ccccc1. The molecule has 0 spiro atoms. The summed E-state index contributed by atoms with van der Waals surface area (Å²) in [5, 5.41) is 9.24. The Hall–Kier alpha value is -1.49. The van der Waals surface area contributed by atoms with Crippen LogP contribution in [0.5, 0.6) is 0 Å². The lowest BCUT2D eigenvalue weighted by Crippen LogP contribution is -2.51. The zero-order valence-corrected chi connectivity index (χ0v) is 11.9. The van der Waals surface area contributed by atoms with E-state index >= 15 is 0 Å². The van der Waals surface area contributed by atoms with Crippen molar-refractivity contribution in [1.29, 1.82) is 0 Å². The second-order valence-electron chi connectivity index (χ2n) is 5.32. The summed E-state index contributed by atoms with van der Waals surface area (Å²) in [5.41, 5.74) is 1.18. The number of nitrogens with zero attached hydrogens (tertiary/aromatic N) is 1. The second kappa shape index (κ2) is 5.48. The summed E-state index contributed by atoms with van der Waals surface area (Å²) in [7, 11) is 0. The fourth-order valence-electron chi connectivity index (χ4n) is 2.82. The molecule has 1 amide bonds. The second-order valence-corrected chi connectivity index (χ2v) is 6.47. The Morgan fingerprint density at radius 3 is 2.70 bits per heavy atom. The predicted molar refractivity (Wildman–Crippen MR) is 77.8 cm³/mol. The van der Waals surface area contributed by atoms with Crippen LogP contribution in [0.1, 0.15) is 17.9 Å². The third-order valence-electron chi connectivity index (χ3n) is 4.03. The highest BCUT2D eigenvalue weighted by molar-refractivity contribution is 7.99. The molecule has 1 aromatic carbocycles. The van der Waals surface area contributed by atoms with Crippen molar-refractivity contribution >= 4 is 23.6 Å². The minimum atomic E-state index is -0.887. The maximum Gasteiger partial charge on any atom is 0.327 e. The van der Waals surface area contributed by atoms with Gasteiger partial charge in [-0.3, -0.25) is 4.79 Å². The number of thioether (sulfide) groups is 1. The molecule has 1 aliphatic carbocycles. The van der Waals surface area contributed by atoms with Gasteiger partial charge in [-0.25, -0.2) is 4.79 Å². The molecule has 1 heterocycles. The predicted octanol–water partition coefficient (Wildman–Crippen LogP) is 1.82. The van der Waals surface area contributed by atoms with Gasteiger partial charge in [-0.05, 0) is 17.9 Å². The molecule has 0 bridgehead atoms. The van der Waals surface area contributed by atoms with E-state index < -0.39 is 12.0 Å². The van der Waals surface area contributed by atoms with Crippen LogP contribution in [-0.2, 0) is 9.59 Å². The maximum absolute atomic E-state index is 12.5. The lowest BCUT2D eigenvalue weighted by Gasteiger charge is -2.32. The molecule has 0 radical (unpaired) electrons. The zero-order valence-electron chi connectivity index (χ0n) is 11.1. The van der Waals surface area contributed by atoms with E-state index in [0.717, 1.165) is 12.2 Å². The Labute approximate surface area is 122 Å². The number of rotatable bonds is 3. The highest BCUT2D eigenvalue weighted by Gasteiger charge is 2.48. The van der Waals surface area contributed by atoms with Crippen LogP contribution in [0.3, 0.4) is 0 Å². The van der Waals surface area contributed by atoms with Crippen molar-refractivity contribution in [2.24, 2.45) is 5.92 Å². The molecule has 1 aliphatic heterocycles. The van der Waals surface area contributed by atoms with E-state index in [2.05, 4.69) is 0 Å². The number of hydrogen-bond donors (Lipinski definition) is 1. The van der Waals surface area contributed by atoms with Crippen molar-refractivity contribution < 1.29 is 14.7 Å². The number of hydrogen-bond acceptors (Lipinski definition) is 3. The van der Waals surface area contributed by atoms with Crippen LogP contribution in [0.2, 0.25) is 0 Å². The highest BCUT2D eigenvalue weighted by Crippen LogP contribution is 2.48. The topological polar surface area (TPSA) is 57.6 Å². The van der Waals surface area contributed by atoms with Crippen LogP contribution in [0, 0.1) is 5.92 Å². The first-order chi connectivity index (χ1) is 9.68. The summed E-state index contributed by atoms with van der Waals surface area (Å²) in [6.07, 6.45) is 0.846. The Kier molecular flexibility index (Phi) is 3.70. The molecule has 1 saturated carbocycles. The molecule has 0 aromatic heterocycles. The lowest BCUT2D eigenvalue weighted by molar-refractivity contribution is -0.149. The van der Waals surface area contributed by atoms with Crippen molar-refractivity contribution in [3.8, 4) is 0 Å². The highest BCUT2D eigenvalue weighted by atomic mass is 32.2. The Morgan fingerprint density at radius 2 is 2.00 bits per heavy atom.